The predicted octanol–water partition coefficient (Wildman–Crippen LogP) is 3.43. The lowest BCUT2D eigenvalue weighted by molar-refractivity contribution is 0.165. The molecule has 1 fully saturated rings. The second kappa shape index (κ2) is 7.27. The van der Waals surface area contributed by atoms with E-state index in [-0.39, 0.29) is 0 Å². The first-order valence-corrected chi connectivity index (χ1v) is 8.19. The first-order valence-electron chi connectivity index (χ1n) is 7.82. The zero-order valence-corrected chi connectivity index (χ0v) is 13.6. The number of aromatic nitrogens is 1. The van der Waals surface area contributed by atoms with Crippen molar-refractivity contribution in [3.05, 3.63) is 41.2 Å². The summed E-state index contributed by atoms with van der Waals surface area (Å²) in [5.41, 5.74) is 1.91. The normalized spacial score (nSPS) is 19.5. The number of piperidine rings is 1. The average molecular weight is 320 g/mol. The Bertz CT molecular complexity index is 611. The minimum Gasteiger partial charge on any atom is -0.444 e. The second-order valence-electron chi connectivity index (χ2n) is 5.96. The number of nitrogens with one attached hydrogen (secondary N) is 1. The molecule has 5 heteroatoms. The maximum atomic E-state index is 6.02. The van der Waals surface area contributed by atoms with Crippen molar-refractivity contribution in [3.63, 3.8) is 0 Å². The average Bonchev–Trinajstić information content (AvgIpc) is 2.96. The van der Waals surface area contributed by atoms with Crippen LogP contribution in [0.15, 0.2) is 34.9 Å². The number of likely N-dealkylation sites (tertiary alicyclic amines) is 1. The summed E-state index contributed by atoms with van der Waals surface area (Å²) in [7, 11) is 2.02. The van der Waals surface area contributed by atoms with E-state index in [4.69, 9.17) is 16.0 Å². The highest BCUT2D eigenvalue weighted by atomic mass is 35.5. The maximum Gasteiger partial charge on any atom is 0.226 e. The van der Waals surface area contributed by atoms with E-state index in [0.717, 1.165) is 43.4 Å². The van der Waals surface area contributed by atoms with Crippen LogP contribution in [0.3, 0.4) is 0 Å². The van der Waals surface area contributed by atoms with Gasteiger partial charge in [0.1, 0.15) is 6.26 Å². The van der Waals surface area contributed by atoms with Crippen LogP contribution in [0.4, 0.5) is 0 Å². The highest BCUT2D eigenvalue weighted by molar-refractivity contribution is 6.30. The molecule has 0 radical (unpaired) electrons. The number of oxazole rings is 1. The highest BCUT2D eigenvalue weighted by Gasteiger charge is 2.20. The van der Waals surface area contributed by atoms with Gasteiger partial charge in [0.25, 0.3) is 0 Å². The summed E-state index contributed by atoms with van der Waals surface area (Å²) < 4.78 is 5.61. The molecule has 0 aliphatic carbocycles. The summed E-state index contributed by atoms with van der Waals surface area (Å²) in [5.74, 6) is 1.37. The van der Waals surface area contributed by atoms with Crippen molar-refractivity contribution < 1.29 is 4.42 Å². The molecule has 2 aromatic rings. The van der Waals surface area contributed by atoms with Crippen LogP contribution in [0.2, 0.25) is 5.02 Å². The minimum absolute atomic E-state index is 0.640. The molecule has 1 aromatic heterocycles. The van der Waals surface area contributed by atoms with E-state index >= 15 is 0 Å². The fourth-order valence-electron chi connectivity index (χ4n) is 3.11. The van der Waals surface area contributed by atoms with Crippen LogP contribution in [-0.2, 0) is 6.54 Å². The minimum atomic E-state index is 0.640. The van der Waals surface area contributed by atoms with Gasteiger partial charge in [0.15, 0.2) is 0 Å². The number of benzene rings is 1. The Hall–Kier alpha value is -1.36. The van der Waals surface area contributed by atoms with Crippen molar-refractivity contribution in [1.82, 2.24) is 15.2 Å². The van der Waals surface area contributed by atoms with E-state index < -0.39 is 0 Å². The van der Waals surface area contributed by atoms with Crippen LogP contribution < -0.4 is 5.32 Å². The molecule has 1 aromatic carbocycles. The van der Waals surface area contributed by atoms with Gasteiger partial charge in [-0.3, -0.25) is 4.90 Å². The zero-order chi connectivity index (χ0) is 15.4. The number of hydrogen-bond donors (Lipinski definition) is 1. The molecule has 1 aliphatic rings. The third-order valence-corrected chi connectivity index (χ3v) is 4.34. The van der Waals surface area contributed by atoms with Gasteiger partial charge in [-0.25, -0.2) is 4.98 Å². The Morgan fingerprint density at radius 1 is 1.45 bits per heavy atom. The summed E-state index contributed by atoms with van der Waals surface area (Å²) in [6.45, 7) is 4.20. The third-order valence-electron chi connectivity index (χ3n) is 4.10. The number of rotatable bonds is 5. The van der Waals surface area contributed by atoms with Crippen LogP contribution in [0.25, 0.3) is 11.5 Å². The summed E-state index contributed by atoms with van der Waals surface area (Å²) in [5, 5.41) is 3.98. The van der Waals surface area contributed by atoms with Gasteiger partial charge in [-0.1, -0.05) is 17.7 Å². The highest BCUT2D eigenvalue weighted by Crippen LogP contribution is 2.23. The van der Waals surface area contributed by atoms with Crippen molar-refractivity contribution in [1.29, 1.82) is 0 Å². The van der Waals surface area contributed by atoms with Crippen LogP contribution in [-0.4, -0.2) is 36.6 Å². The molecule has 1 N–H and O–H groups in total. The van der Waals surface area contributed by atoms with Gasteiger partial charge in [-0.2, -0.15) is 0 Å². The summed E-state index contributed by atoms with van der Waals surface area (Å²) >= 11 is 6.02. The first kappa shape index (κ1) is 15.5. The van der Waals surface area contributed by atoms with E-state index in [0.29, 0.717) is 10.9 Å². The van der Waals surface area contributed by atoms with Gasteiger partial charge in [0.05, 0.1) is 5.69 Å². The molecule has 1 saturated heterocycles. The molecule has 1 atom stereocenters. The SMILES string of the molecule is CNCC1CCCN(Cc2coc(-c3cccc(Cl)c3)n2)C1. The topological polar surface area (TPSA) is 41.3 Å². The van der Waals surface area contributed by atoms with Crippen LogP contribution in [0.1, 0.15) is 18.5 Å². The van der Waals surface area contributed by atoms with Gasteiger partial charge in [0.2, 0.25) is 5.89 Å². The Balaban J connectivity index is 1.64. The lowest BCUT2D eigenvalue weighted by Crippen LogP contribution is -2.38. The van der Waals surface area contributed by atoms with Crippen LogP contribution >= 0.6 is 11.6 Å². The fourth-order valence-corrected chi connectivity index (χ4v) is 3.30. The second-order valence-corrected chi connectivity index (χ2v) is 6.39. The molecule has 1 aliphatic heterocycles. The van der Waals surface area contributed by atoms with E-state index in [1.807, 2.05) is 31.3 Å². The van der Waals surface area contributed by atoms with E-state index in [2.05, 4.69) is 15.2 Å². The Kier molecular flexibility index (Phi) is 5.13. The van der Waals surface area contributed by atoms with E-state index in [9.17, 15) is 0 Å². The smallest absolute Gasteiger partial charge is 0.226 e. The number of halogens is 1. The van der Waals surface area contributed by atoms with Crippen molar-refractivity contribution >= 4 is 11.6 Å². The van der Waals surface area contributed by atoms with Gasteiger partial charge < -0.3 is 9.73 Å². The third kappa shape index (κ3) is 3.88. The predicted molar refractivity (Wildman–Crippen MR) is 88.9 cm³/mol. The molecule has 22 heavy (non-hydrogen) atoms. The maximum absolute atomic E-state index is 6.02. The molecule has 4 nitrogen and oxygen atoms in total. The monoisotopic (exact) mass is 319 g/mol. The first-order chi connectivity index (χ1) is 10.7. The number of hydrogen-bond acceptors (Lipinski definition) is 4. The van der Waals surface area contributed by atoms with Crippen molar-refractivity contribution in [2.45, 2.75) is 19.4 Å². The number of nitrogens with zero attached hydrogens (tertiary/aromatic N) is 2. The summed E-state index contributed by atoms with van der Waals surface area (Å²) in [4.78, 5) is 7.07. The molecule has 2 heterocycles. The standard InChI is InChI=1S/C17H22ClN3O/c1-19-9-13-4-3-7-21(10-13)11-16-12-22-17(20-16)14-5-2-6-15(18)8-14/h2,5-6,8,12-13,19H,3-4,7,9-11H2,1H3. The zero-order valence-electron chi connectivity index (χ0n) is 12.9. The lowest BCUT2D eigenvalue weighted by Gasteiger charge is -2.32. The molecule has 1 unspecified atom stereocenters. The molecule has 118 valence electrons. The molecule has 0 bridgehead atoms. The van der Waals surface area contributed by atoms with Crippen molar-refractivity contribution in [3.8, 4) is 11.5 Å². The molecule has 0 amide bonds. The molecule has 0 spiro atoms. The van der Waals surface area contributed by atoms with Gasteiger partial charge in [-0.05, 0) is 57.1 Å². The van der Waals surface area contributed by atoms with Gasteiger partial charge in [0, 0.05) is 23.7 Å². The molecular weight excluding hydrogens is 298 g/mol. The van der Waals surface area contributed by atoms with Gasteiger partial charge in [-0.15, -0.1) is 0 Å². The van der Waals surface area contributed by atoms with E-state index in [1.165, 1.54) is 12.8 Å². The summed E-state index contributed by atoms with van der Waals surface area (Å²) in [6, 6.07) is 7.60. The van der Waals surface area contributed by atoms with Crippen LogP contribution in [0.5, 0.6) is 0 Å². The largest absolute Gasteiger partial charge is 0.444 e. The summed E-state index contributed by atoms with van der Waals surface area (Å²) in [6.07, 6.45) is 4.33. The molecule has 0 saturated carbocycles. The quantitative estimate of drug-likeness (QED) is 0.916. The molecule has 3 rings (SSSR count). The Labute approximate surface area is 136 Å². The fraction of sp³-hybridized carbons (Fsp3) is 0.471. The van der Waals surface area contributed by atoms with Crippen molar-refractivity contribution in [2.24, 2.45) is 5.92 Å². The molecular formula is C17H22ClN3O. The van der Waals surface area contributed by atoms with Crippen LogP contribution in [0, 0.1) is 5.92 Å². The Morgan fingerprint density at radius 2 is 2.36 bits per heavy atom. The Morgan fingerprint density at radius 3 is 3.18 bits per heavy atom. The van der Waals surface area contributed by atoms with E-state index in [1.54, 1.807) is 6.26 Å². The van der Waals surface area contributed by atoms with Gasteiger partial charge >= 0.3 is 0 Å². The van der Waals surface area contributed by atoms with Crippen molar-refractivity contribution in [2.75, 3.05) is 26.7 Å². The lowest BCUT2D eigenvalue weighted by atomic mass is 9.98.